The molecule has 9 atom stereocenters. The Balaban J connectivity index is 1.51. The molecular formula is C32H44O7. The molecule has 0 aromatic carbocycles. The van der Waals surface area contributed by atoms with Gasteiger partial charge in [0.2, 0.25) is 0 Å². The molecule has 1 aliphatic carbocycles. The second-order valence-corrected chi connectivity index (χ2v) is 12.5. The van der Waals surface area contributed by atoms with Crippen molar-refractivity contribution in [3.63, 3.8) is 0 Å². The monoisotopic (exact) mass is 540 g/mol. The lowest BCUT2D eigenvalue weighted by Gasteiger charge is -2.49. The van der Waals surface area contributed by atoms with Crippen molar-refractivity contribution in [1.29, 1.82) is 0 Å². The van der Waals surface area contributed by atoms with Crippen molar-refractivity contribution in [2.24, 2.45) is 17.8 Å². The molecule has 2 bridgehead atoms. The van der Waals surface area contributed by atoms with E-state index in [1.165, 1.54) is 5.57 Å². The normalized spacial score (nSPS) is 46.8. The van der Waals surface area contributed by atoms with Gasteiger partial charge in [0.05, 0.1) is 18.8 Å². The van der Waals surface area contributed by atoms with Gasteiger partial charge in [-0.3, -0.25) is 9.59 Å². The summed E-state index contributed by atoms with van der Waals surface area (Å²) < 4.78 is 25.3. The number of hydrogen-bond acceptors (Lipinski definition) is 7. The van der Waals surface area contributed by atoms with Gasteiger partial charge < -0.3 is 24.1 Å². The minimum absolute atomic E-state index is 0.0857. The summed E-state index contributed by atoms with van der Waals surface area (Å²) in [6.07, 6.45) is 13.2. The number of carbonyl (C=O) groups excluding carboxylic acids is 2. The van der Waals surface area contributed by atoms with E-state index in [-0.39, 0.29) is 30.5 Å². The fourth-order valence-electron chi connectivity index (χ4n) is 7.07. The second kappa shape index (κ2) is 11.1. The molecule has 3 saturated heterocycles. The Morgan fingerprint density at radius 3 is 2.69 bits per heavy atom. The number of carbonyl (C=O) groups is 2. The molecule has 4 aliphatic heterocycles. The highest BCUT2D eigenvalue weighted by molar-refractivity contribution is 6.03. The maximum absolute atomic E-state index is 13.8. The summed E-state index contributed by atoms with van der Waals surface area (Å²) in [5, 5.41) is 12.0. The highest BCUT2D eigenvalue weighted by atomic mass is 16.7. The Labute approximate surface area is 232 Å². The van der Waals surface area contributed by atoms with Crippen LogP contribution in [0, 0.1) is 17.8 Å². The van der Waals surface area contributed by atoms with Gasteiger partial charge in [-0.2, -0.15) is 0 Å². The van der Waals surface area contributed by atoms with Gasteiger partial charge in [0.1, 0.15) is 17.6 Å². The molecule has 214 valence electrons. The summed E-state index contributed by atoms with van der Waals surface area (Å²) in [5.41, 5.74) is 0.421. The van der Waals surface area contributed by atoms with Crippen LogP contribution in [0.4, 0.5) is 0 Å². The van der Waals surface area contributed by atoms with E-state index in [2.05, 4.69) is 39.8 Å². The summed E-state index contributed by atoms with van der Waals surface area (Å²) in [7, 11) is 0. The quantitative estimate of drug-likeness (QED) is 0.364. The highest BCUT2D eigenvalue weighted by Gasteiger charge is 2.60. The maximum atomic E-state index is 13.8. The van der Waals surface area contributed by atoms with Crippen molar-refractivity contribution in [3.05, 3.63) is 47.1 Å². The van der Waals surface area contributed by atoms with Crippen LogP contribution in [-0.4, -0.2) is 59.3 Å². The molecule has 5 aliphatic rings. The first-order valence-electron chi connectivity index (χ1n) is 14.7. The number of allylic oxidation sites excluding steroid dienone is 4. The van der Waals surface area contributed by atoms with E-state index in [4.69, 9.17) is 18.9 Å². The van der Waals surface area contributed by atoms with Crippen LogP contribution in [0.3, 0.4) is 0 Å². The van der Waals surface area contributed by atoms with Crippen LogP contribution in [0.2, 0.25) is 0 Å². The minimum Gasteiger partial charge on any atom is -0.462 e. The van der Waals surface area contributed by atoms with Crippen LogP contribution in [0.1, 0.15) is 79.6 Å². The largest absolute Gasteiger partial charge is 0.462 e. The van der Waals surface area contributed by atoms with Crippen molar-refractivity contribution in [1.82, 2.24) is 0 Å². The Morgan fingerprint density at radius 2 is 1.92 bits per heavy atom. The zero-order chi connectivity index (χ0) is 27.9. The van der Waals surface area contributed by atoms with Crippen molar-refractivity contribution >= 4 is 11.8 Å². The van der Waals surface area contributed by atoms with E-state index >= 15 is 0 Å². The first kappa shape index (κ1) is 28.5. The Bertz CT molecular complexity index is 1100. The number of aliphatic hydroxyl groups is 1. The predicted molar refractivity (Wildman–Crippen MR) is 147 cm³/mol. The minimum atomic E-state index is -1.78. The topological polar surface area (TPSA) is 91.3 Å². The molecule has 0 aromatic heterocycles. The van der Waals surface area contributed by atoms with Gasteiger partial charge in [-0.15, -0.1) is 0 Å². The number of Topliss-reactive ketones (excluding diaryl/α,β-unsaturated/α-hetero) is 1. The van der Waals surface area contributed by atoms with Gasteiger partial charge in [-0.05, 0) is 62.5 Å². The fourth-order valence-corrected chi connectivity index (χ4v) is 7.07. The van der Waals surface area contributed by atoms with Crippen molar-refractivity contribution in [2.45, 2.75) is 115 Å². The zero-order valence-electron chi connectivity index (χ0n) is 24.0. The van der Waals surface area contributed by atoms with Crippen LogP contribution >= 0.6 is 0 Å². The molecule has 0 aromatic rings. The predicted octanol–water partition coefficient (Wildman–Crippen LogP) is 5.13. The van der Waals surface area contributed by atoms with E-state index in [1.807, 2.05) is 6.08 Å². The van der Waals surface area contributed by atoms with Gasteiger partial charge in [0, 0.05) is 19.3 Å². The summed E-state index contributed by atoms with van der Waals surface area (Å²) in [4.78, 5) is 26.8. The van der Waals surface area contributed by atoms with Gasteiger partial charge >= 0.3 is 5.97 Å². The van der Waals surface area contributed by atoms with Gasteiger partial charge in [-0.1, -0.05) is 56.7 Å². The van der Waals surface area contributed by atoms with Crippen LogP contribution < -0.4 is 0 Å². The van der Waals surface area contributed by atoms with E-state index in [1.54, 1.807) is 19.1 Å². The maximum Gasteiger partial charge on any atom is 0.316 e. The summed E-state index contributed by atoms with van der Waals surface area (Å²) in [5.74, 6) is -1.95. The van der Waals surface area contributed by atoms with Gasteiger partial charge in [0.25, 0.3) is 0 Å². The average Bonchev–Trinajstić information content (AvgIpc) is 3.23. The number of esters is 1. The molecule has 0 amide bonds. The number of ether oxygens (including phenoxy) is 4. The molecule has 3 fully saturated rings. The van der Waals surface area contributed by atoms with E-state index < -0.39 is 35.5 Å². The van der Waals surface area contributed by atoms with Crippen LogP contribution in [0.25, 0.3) is 0 Å². The van der Waals surface area contributed by atoms with E-state index in [0.29, 0.717) is 36.3 Å². The molecule has 5 rings (SSSR count). The molecule has 0 unspecified atom stereocenters. The van der Waals surface area contributed by atoms with E-state index in [0.717, 1.165) is 25.7 Å². The van der Waals surface area contributed by atoms with Gasteiger partial charge in [-0.25, -0.2) is 0 Å². The first-order valence-corrected chi connectivity index (χ1v) is 14.7. The molecule has 7 heteroatoms. The van der Waals surface area contributed by atoms with Crippen LogP contribution in [0.15, 0.2) is 47.1 Å². The van der Waals surface area contributed by atoms with Crippen molar-refractivity contribution < 1.29 is 33.6 Å². The average molecular weight is 541 g/mol. The summed E-state index contributed by atoms with van der Waals surface area (Å²) in [6.45, 7) is 10.4. The Hall–Kier alpha value is -2.06. The molecule has 7 nitrogen and oxygen atoms in total. The van der Waals surface area contributed by atoms with Crippen molar-refractivity contribution in [2.75, 3.05) is 6.61 Å². The van der Waals surface area contributed by atoms with Crippen LogP contribution in [0.5, 0.6) is 0 Å². The first-order chi connectivity index (χ1) is 18.5. The second-order valence-electron chi connectivity index (χ2n) is 12.5. The summed E-state index contributed by atoms with van der Waals surface area (Å²) >= 11 is 0. The van der Waals surface area contributed by atoms with E-state index in [9.17, 15) is 14.7 Å². The Kier molecular flexibility index (Phi) is 8.08. The molecule has 0 radical (unpaired) electrons. The smallest absolute Gasteiger partial charge is 0.316 e. The third kappa shape index (κ3) is 5.48. The molecule has 39 heavy (non-hydrogen) atoms. The molecule has 0 saturated carbocycles. The highest BCUT2D eigenvalue weighted by Crippen LogP contribution is 2.46. The Morgan fingerprint density at radius 1 is 1.13 bits per heavy atom. The third-order valence-corrected chi connectivity index (χ3v) is 9.31. The molecular weight excluding hydrogens is 496 g/mol. The van der Waals surface area contributed by atoms with Gasteiger partial charge in [0.15, 0.2) is 17.7 Å². The SMILES string of the molecule is CC[C@H]1O[C@]2(CC[C@@H]1C)C[C@@H]1C[C@@H](C/C=C(/C)C[C@@H](C)/C=C\C=C3\CO[C@H]4C(=O)C(C)=C[C@@H](C(=O)O1)[C@]34O)O2. The lowest BCUT2D eigenvalue weighted by Crippen LogP contribution is -2.57. The number of fused-ring (bicyclic) bond motifs is 2. The molecule has 4 heterocycles. The van der Waals surface area contributed by atoms with Crippen LogP contribution in [-0.2, 0) is 28.5 Å². The fraction of sp³-hybridized carbons (Fsp3) is 0.688. The number of rotatable bonds is 1. The number of ketones is 1. The number of hydrogen-bond donors (Lipinski definition) is 1. The summed E-state index contributed by atoms with van der Waals surface area (Å²) in [6, 6.07) is 0. The standard InChI is InChI=1S/C32H44O7/c1-6-27-21(4)12-13-31(39-27)17-25-16-24(38-31)11-10-20(3)14-19(2)8-7-9-23-18-36-29-28(33)22(5)15-26(30(34)37-25)32(23,29)35/h7-10,15,19,21,24-27,29,35H,6,11-14,16-18H2,1-5H3/b8-7-,20-10-,23-9-/t19-,21-,24+,25-,26-,27+,29-,31+,32+/m0/s1. The molecule has 1 N–H and O–H groups in total. The zero-order valence-corrected chi connectivity index (χ0v) is 24.0. The molecule has 1 spiro atoms. The third-order valence-electron chi connectivity index (χ3n) is 9.31. The van der Waals surface area contributed by atoms with Crippen molar-refractivity contribution in [3.8, 4) is 0 Å². The lowest BCUT2D eigenvalue weighted by molar-refractivity contribution is -0.335. The lowest BCUT2D eigenvalue weighted by atomic mass is 9.71.